The number of hydrogen-bond donors (Lipinski definition) is 1. The number of amides is 1. The highest BCUT2D eigenvalue weighted by Gasteiger charge is 2.29. The number of piperazine rings is 1. The normalized spacial score (nSPS) is 20.2. The van der Waals surface area contributed by atoms with Gasteiger partial charge in [0.15, 0.2) is 5.96 Å². The van der Waals surface area contributed by atoms with E-state index in [9.17, 15) is 9.18 Å². The first-order valence-corrected chi connectivity index (χ1v) is 10.2. The lowest BCUT2D eigenvalue weighted by atomic mass is 10.1. The van der Waals surface area contributed by atoms with E-state index in [2.05, 4.69) is 14.8 Å². The molecular formula is C21H33FIN5O2. The number of likely N-dealkylation sites (tertiary alicyclic amines) is 1. The van der Waals surface area contributed by atoms with Crippen molar-refractivity contribution in [1.29, 1.82) is 0 Å². The minimum Gasteiger partial charge on any atom is -0.444 e. The molecule has 9 heteroatoms. The Bertz CT molecular complexity index is 730. The van der Waals surface area contributed by atoms with Gasteiger partial charge in [-0.3, -0.25) is 4.99 Å². The van der Waals surface area contributed by atoms with E-state index in [0.29, 0.717) is 31.5 Å². The van der Waals surface area contributed by atoms with E-state index in [1.54, 1.807) is 17.0 Å². The van der Waals surface area contributed by atoms with E-state index < -0.39 is 5.60 Å². The summed E-state index contributed by atoms with van der Waals surface area (Å²) in [4.78, 5) is 22.8. The van der Waals surface area contributed by atoms with Crippen molar-refractivity contribution < 1.29 is 13.9 Å². The summed E-state index contributed by atoms with van der Waals surface area (Å²) in [5.74, 6) is 0.641. The SMILES string of the molecule is CC(C)(C)OC(=O)N1CCC(CN=C(N)N2CCN(c3ccc(F)cc3)CC2)C1.I. The first-order valence-electron chi connectivity index (χ1n) is 10.2. The third-order valence-corrected chi connectivity index (χ3v) is 5.24. The smallest absolute Gasteiger partial charge is 0.410 e. The molecule has 0 saturated carbocycles. The molecule has 2 saturated heterocycles. The fourth-order valence-electron chi connectivity index (χ4n) is 3.64. The Balaban J connectivity index is 0.00000320. The molecule has 2 aliphatic heterocycles. The van der Waals surface area contributed by atoms with Crippen molar-refractivity contribution in [2.45, 2.75) is 32.8 Å². The lowest BCUT2D eigenvalue weighted by molar-refractivity contribution is 0.0289. The maximum Gasteiger partial charge on any atom is 0.410 e. The van der Waals surface area contributed by atoms with Crippen molar-refractivity contribution in [3.8, 4) is 0 Å². The minimum atomic E-state index is -0.478. The predicted molar refractivity (Wildman–Crippen MR) is 128 cm³/mol. The third-order valence-electron chi connectivity index (χ3n) is 5.24. The highest BCUT2D eigenvalue weighted by molar-refractivity contribution is 14.0. The zero-order chi connectivity index (χ0) is 21.0. The number of aliphatic imine (C=N–C) groups is 1. The number of benzene rings is 1. The topological polar surface area (TPSA) is 74.4 Å². The average molecular weight is 533 g/mol. The molecule has 0 spiro atoms. The van der Waals surface area contributed by atoms with Crippen molar-refractivity contribution in [3.63, 3.8) is 0 Å². The molecule has 0 aromatic heterocycles. The van der Waals surface area contributed by atoms with Gasteiger partial charge in [-0.05, 0) is 57.4 Å². The monoisotopic (exact) mass is 533 g/mol. The molecule has 0 aliphatic carbocycles. The Kier molecular flexibility index (Phi) is 8.57. The number of guanidine groups is 1. The molecule has 2 heterocycles. The molecule has 30 heavy (non-hydrogen) atoms. The van der Waals surface area contributed by atoms with Gasteiger partial charge in [0.05, 0.1) is 0 Å². The number of hydrogen-bond acceptors (Lipinski definition) is 4. The van der Waals surface area contributed by atoms with E-state index in [-0.39, 0.29) is 35.9 Å². The van der Waals surface area contributed by atoms with Gasteiger partial charge >= 0.3 is 6.09 Å². The molecule has 1 amide bonds. The summed E-state index contributed by atoms with van der Waals surface area (Å²) < 4.78 is 18.5. The van der Waals surface area contributed by atoms with E-state index >= 15 is 0 Å². The van der Waals surface area contributed by atoms with Crippen molar-refractivity contribution in [3.05, 3.63) is 30.1 Å². The Labute approximate surface area is 195 Å². The number of rotatable bonds is 3. The van der Waals surface area contributed by atoms with Crippen LogP contribution >= 0.6 is 24.0 Å². The summed E-state index contributed by atoms with van der Waals surface area (Å²) in [6, 6.07) is 6.58. The van der Waals surface area contributed by atoms with E-state index in [4.69, 9.17) is 10.5 Å². The van der Waals surface area contributed by atoms with Crippen molar-refractivity contribution >= 4 is 41.7 Å². The molecule has 0 radical (unpaired) electrons. The Hall–Kier alpha value is -1.78. The van der Waals surface area contributed by atoms with Gasteiger partial charge in [0.25, 0.3) is 0 Å². The molecule has 7 nitrogen and oxygen atoms in total. The summed E-state index contributed by atoms with van der Waals surface area (Å²) in [6.45, 7) is 10.8. The minimum absolute atomic E-state index is 0. The van der Waals surface area contributed by atoms with Crippen LogP contribution in [0.1, 0.15) is 27.2 Å². The second kappa shape index (κ2) is 10.5. The van der Waals surface area contributed by atoms with E-state index in [1.165, 1.54) is 12.1 Å². The Morgan fingerprint density at radius 2 is 1.77 bits per heavy atom. The van der Waals surface area contributed by atoms with Gasteiger partial charge in [-0.15, -0.1) is 24.0 Å². The maximum atomic E-state index is 13.1. The number of halogens is 2. The van der Waals surface area contributed by atoms with E-state index in [0.717, 1.165) is 38.3 Å². The highest BCUT2D eigenvalue weighted by atomic mass is 127. The van der Waals surface area contributed by atoms with Crippen LogP contribution in [0, 0.1) is 11.7 Å². The van der Waals surface area contributed by atoms with Gasteiger partial charge < -0.3 is 25.2 Å². The van der Waals surface area contributed by atoms with Crippen LogP contribution in [0.25, 0.3) is 0 Å². The zero-order valence-corrected chi connectivity index (χ0v) is 20.3. The van der Waals surface area contributed by atoms with Crippen LogP contribution in [-0.4, -0.2) is 73.3 Å². The van der Waals surface area contributed by atoms with E-state index in [1.807, 2.05) is 20.8 Å². The molecule has 0 bridgehead atoms. The van der Waals surface area contributed by atoms with Crippen LogP contribution in [0.2, 0.25) is 0 Å². The number of ether oxygens (including phenoxy) is 1. The summed E-state index contributed by atoms with van der Waals surface area (Å²) in [5.41, 5.74) is 6.76. The number of nitrogens with zero attached hydrogens (tertiary/aromatic N) is 4. The van der Waals surface area contributed by atoms with Gasteiger partial charge in [-0.1, -0.05) is 0 Å². The van der Waals surface area contributed by atoms with Crippen molar-refractivity contribution in [2.75, 3.05) is 50.7 Å². The van der Waals surface area contributed by atoms with Crippen LogP contribution in [0.15, 0.2) is 29.3 Å². The first-order chi connectivity index (χ1) is 13.7. The number of carbonyl (C=O) groups is 1. The second-order valence-corrected chi connectivity index (χ2v) is 8.73. The highest BCUT2D eigenvalue weighted by Crippen LogP contribution is 2.20. The maximum absolute atomic E-state index is 13.1. The van der Waals surface area contributed by atoms with Gasteiger partial charge in [-0.2, -0.15) is 0 Å². The molecule has 2 N–H and O–H groups in total. The Morgan fingerprint density at radius 1 is 1.13 bits per heavy atom. The molecular weight excluding hydrogens is 500 g/mol. The van der Waals surface area contributed by atoms with Crippen molar-refractivity contribution in [2.24, 2.45) is 16.6 Å². The second-order valence-electron chi connectivity index (χ2n) is 8.73. The molecule has 3 rings (SSSR count). The third kappa shape index (κ3) is 6.88. The lowest BCUT2D eigenvalue weighted by Gasteiger charge is -2.36. The number of carbonyl (C=O) groups excluding carboxylic acids is 1. The number of anilines is 1. The fourth-order valence-corrected chi connectivity index (χ4v) is 3.64. The molecule has 2 fully saturated rings. The molecule has 2 aliphatic rings. The summed E-state index contributed by atoms with van der Waals surface area (Å²) in [5, 5.41) is 0. The quantitative estimate of drug-likeness (QED) is 0.367. The van der Waals surface area contributed by atoms with Crippen LogP contribution in [-0.2, 0) is 4.74 Å². The predicted octanol–water partition coefficient (Wildman–Crippen LogP) is 3.14. The number of nitrogens with two attached hydrogens (primary N) is 1. The van der Waals surface area contributed by atoms with Crippen LogP contribution in [0.5, 0.6) is 0 Å². The zero-order valence-electron chi connectivity index (χ0n) is 18.0. The first kappa shape index (κ1) is 24.5. The molecule has 1 aromatic carbocycles. The molecule has 1 atom stereocenters. The average Bonchev–Trinajstić information content (AvgIpc) is 3.15. The molecule has 168 valence electrons. The van der Waals surface area contributed by atoms with Gasteiger partial charge in [-0.25, -0.2) is 9.18 Å². The van der Waals surface area contributed by atoms with Gasteiger partial charge in [0.1, 0.15) is 11.4 Å². The molecule has 1 aromatic rings. The standard InChI is InChI=1S/C21H32FN5O2.HI/c1-21(2,3)29-20(28)27-9-8-16(15-27)14-24-19(23)26-12-10-25(11-13-26)18-6-4-17(22)5-7-18;/h4-7,16H,8-15H2,1-3H3,(H2,23,24);1H. The van der Waals surface area contributed by atoms with Gasteiger partial charge in [0.2, 0.25) is 0 Å². The van der Waals surface area contributed by atoms with Crippen molar-refractivity contribution in [1.82, 2.24) is 9.80 Å². The van der Waals surface area contributed by atoms with Gasteiger partial charge in [0, 0.05) is 51.5 Å². The Morgan fingerprint density at radius 3 is 2.37 bits per heavy atom. The largest absolute Gasteiger partial charge is 0.444 e. The van der Waals surface area contributed by atoms with Crippen LogP contribution in [0.4, 0.5) is 14.9 Å². The lowest BCUT2D eigenvalue weighted by Crippen LogP contribution is -2.51. The molecule has 1 unspecified atom stereocenters. The van der Waals surface area contributed by atoms with Crippen LogP contribution in [0.3, 0.4) is 0 Å². The van der Waals surface area contributed by atoms with Crippen LogP contribution < -0.4 is 10.6 Å². The summed E-state index contributed by atoms with van der Waals surface area (Å²) >= 11 is 0. The summed E-state index contributed by atoms with van der Waals surface area (Å²) in [6.07, 6.45) is 0.655. The summed E-state index contributed by atoms with van der Waals surface area (Å²) in [7, 11) is 0. The fraction of sp³-hybridized carbons (Fsp3) is 0.619.